The predicted octanol–water partition coefficient (Wildman–Crippen LogP) is 2.41. The highest BCUT2D eigenvalue weighted by Gasteiger charge is 2.22. The third-order valence-electron chi connectivity index (χ3n) is 2.40. The Balaban J connectivity index is 2.33. The van der Waals surface area contributed by atoms with E-state index in [2.05, 4.69) is 20.7 Å². The highest BCUT2D eigenvalue weighted by molar-refractivity contribution is 9.10. The van der Waals surface area contributed by atoms with Gasteiger partial charge in [-0.1, -0.05) is 0 Å². The number of nitrogens with zero attached hydrogens (tertiary/aromatic N) is 1. The second-order valence-electron chi connectivity index (χ2n) is 3.84. The Morgan fingerprint density at radius 1 is 1.33 bits per heavy atom. The first kappa shape index (κ1) is 15.1. The van der Waals surface area contributed by atoms with Crippen molar-refractivity contribution in [3.63, 3.8) is 0 Å². The molecule has 0 unspecified atom stereocenters. The minimum absolute atomic E-state index is 0.197. The van der Waals surface area contributed by atoms with Gasteiger partial charge in [-0.2, -0.15) is 13.7 Å². The molecule has 0 atom stereocenters. The van der Waals surface area contributed by atoms with Gasteiger partial charge in [-0.05, 0) is 46.3 Å². The van der Waals surface area contributed by atoms with Gasteiger partial charge in [0.25, 0.3) is 10.0 Å². The van der Waals surface area contributed by atoms with E-state index in [1.54, 1.807) is 0 Å². The van der Waals surface area contributed by atoms with E-state index >= 15 is 0 Å². The normalized spacial score (nSPS) is 10.9. The molecule has 9 heteroatoms. The summed E-state index contributed by atoms with van der Waals surface area (Å²) in [6.07, 6.45) is 0. The van der Waals surface area contributed by atoms with Gasteiger partial charge >= 0.3 is 5.97 Å². The molecule has 0 saturated heterocycles. The molecule has 0 amide bonds. The van der Waals surface area contributed by atoms with Crippen molar-refractivity contribution in [1.82, 2.24) is 0 Å². The Morgan fingerprint density at radius 2 is 2.05 bits per heavy atom. The van der Waals surface area contributed by atoms with Gasteiger partial charge in [0.1, 0.15) is 0 Å². The first-order valence-corrected chi connectivity index (χ1v) is 7.67. The lowest BCUT2D eigenvalue weighted by Crippen LogP contribution is -2.12. The van der Waals surface area contributed by atoms with E-state index in [0.717, 1.165) is 12.1 Å². The minimum Gasteiger partial charge on any atom is -0.475 e. The third-order valence-corrected chi connectivity index (χ3v) is 4.29. The molecule has 108 valence electrons. The van der Waals surface area contributed by atoms with Crippen LogP contribution in [-0.2, 0) is 10.0 Å². The Kier molecular flexibility index (Phi) is 4.02. The second kappa shape index (κ2) is 5.59. The van der Waals surface area contributed by atoms with Gasteiger partial charge in [-0.25, -0.2) is 4.79 Å². The number of benzene rings is 1. The molecule has 1 aromatic heterocycles. The zero-order valence-corrected chi connectivity index (χ0v) is 12.6. The predicted molar refractivity (Wildman–Crippen MR) is 75.3 cm³/mol. The summed E-state index contributed by atoms with van der Waals surface area (Å²) >= 11 is 3.14. The number of hydrogen-bond acceptors (Lipinski definition) is 5. The lowest BCUT2D eigenvalue weighted by Gasteiger charge is -2.07. The highest BCUT2D eigenvalue weighted by Crippen LogP contribution is 2.26. The van der Waals surface area contributed by atoms with Gasteiger partial charge in [0, 0.05) is 4.47 Å². The lowest BCUT2D eigenvalue weighted by molar-refractivity contribution is 0.0656. The number of nitriles is 1. The molecule has 0 aliphatic rings. The van der Waals surface area contributed by atoms with Gasteiger partial charge in [0.05, 0.1) is 17.3 Å². The minimum atomic E-state index is -4.06. The highest BCUT2D eigenvalue weighted by atomic mass is 79.9. The molecule has 0 spiro atoms. The van der Waals surface area contributed by atoms with Gasteiger partial charge in [-0.15, -0.1) is 0 Å². The summed E-state index contributed by atoms with van der Waals surface area (Å²) in [6, 6.07) is 8.29. The summed E-state index contributed by atoms with van der Waals surface area (Å²) in [7, 11) is -4.06. The molecule has 0 fully saturated rings. The molecule has 0 bridgehead atoms. The lowest BCUT2D eigenvalue weighted by atomic mass is 10.2. The Morgan fingerprint density at radius 3 is 2.57 bits per heavy atom. The maximum Gasteiger partial charge on any atom is 0.371 e. The van der Waals surface area contributed by atoms with Crippen LogP contribution in [0.15, 0.2) is 44.3 Å². The van der Waals surface area contributed by atoms with Crippen LogP contribution in [0, 0.1) is 11.3 Å². The molecule has 2 N–H and O–H groups in total. The summed E-state index contributed by atoms with van der Waals surface area (Å²) in [5, 5.41) is 16.9. The molecule has 0 radical (unpaired) electrons. The van der Waals surface area contributed by atoms with Crippen molar-refractivity contribution >= 4 is 37.6 Å². The van der Waals surface area contributed by atoms with E-state index in [0.29, 0.717) is 10.0 Å². The number of carboxylic acids is 1. The number of carbonyl (C=O) groups is 1. The van der Waals surface area contributed by atoms with E-state index in [9.17, 15) is 13.2 Å². The number of rotatable bonds is 4. The van der Waals surface area contributed by atoms with Gasteiger partial charge in [0.2, 0.25) is 10.9 Å². The van der Waals surface area contributed by atoms with Crippen molar-refractivity contribution in [3.05, 3.63) is 46.1 Å². The standard InChI is InChI=1S/C12H7BrN2O5S/c13-8-5-7(6-14)1-2-9(8)15-21(18,19)11-4-3-10(20-11)12(16)17/h1-5,15H,(H,16,17). The summed E-state index contributed by atoms with van der Waals surface area (Å²) in [5.74, 6) is -1.84. The van der Waals surface area contributed by atoms with Crippen LogP contribution >= 0.6 is 15.9 Å². The van der Waals surface area contributed by atoms with Crippen LogP contribution in [-0.4, -0.2) is 19.5 Å². The second-order valence-corrected chi connectivity index (χ2v) is 6.30. The summed E-state index contributed by atoms with van der Waals surface area (Å²) in [5.41, 5.74) is 0.554. The molecular formula is C12H7BrN2O5S. The number of halogens is 1. The molecule has 21 heavy (non-hydrogen) atoms. The fourth-order valence-electron chi connectivity index (χ4n) is 1.44. The number of carboxylic acid groups (broad SMARTS) is 1. The van der Waals surface area contributed by atoms with Crippen LogP contribution in [0.2, 0.25) is 0 Å². The fourth-order valence-corrected chi connectivity index (χ4v) is 3.07. The van der Waals surface area contributed by atoms with Crippen LogP contribution in [0.25, 0.3) is 0 Å². The Hall–Kier alpha value is -2.31. The Bertz CT molecular complexity index is 851. The largest absolute Gasteiger partial charge is 0.475 e. The summed E-state index contributed by atoms with van der Waals surface area (Å²) in [6.45, 7) is 0. The number of anilines is 1. The molecule has 2 aromatic rings. The maximum absolute atomic E-state index is 12.1. The average molecular weight is 371 g/mol. The van der Waals surface area contributed by atoms with Crippen LogP contribution in [0.5, 0.6) is 0 Å². The fraction of sp³-hybridized carbons (Fsp3) is 0. The van der Waals surface area contributed by atoms with Crippen LogP contribution < -0.4 is 4.72 Å². The SMILES string of the molecule is N#Cc1ccc(NS(=O)(=O)c2ccc(C(=O)O)o2)c(Br)c1. The molecule has 7 nitrogen and oxygen atoms in total. The zero-order valence-electron chi connectivity index (χ0n) is 10.2. The molecule has 1 heterocycles. The topological polar surface area (TPSA) is 120 Å². The summed E-state index contributed by atoms with van der Waals surface area (Å²) < 4.78 is 31.5. The van der Waals surface area contributed by atoms with Crippen molar-refractivity contribution in [2.24, 2.45) is 0 Å². The maximum atomic E-state index is 12.1. The van der Waals surface area contributed by atoms with Crippen LogP contribution in [0.4, 0.5) is 5.69 Å². The molecule has 1 aromatic carbocycles. The molecule has 0 saturated carbocycles. The molecule has 0 aliphatic carbocycles. The van der Waals surface area contributed by atoms with E-state index < -0.39 is 26.8 Å². The van der Waals surface area contributed by atoms with Crippen molar-refractivity contribution in [1.29, 1.82) is 5.26 Å². The summed E-state index contributed by atoms with van der Waals surface area (Å²) in [4.78, 5) is 10.7. The van der Waals surface area contributed by atoms with Crippen molar-refractivity contribution in [3.8, 4) is 6.07 Å². The number of sulfonamides is 1. The Labute approximate surface area is 128 Å². The van der Waals surface area contributed by atoms with Crippen molar-refractivity contribution in [2.75, 3.05) is 4.72 Å². The van der Waals surface area contributed by atoms with Crippen LogP contribution in [0.3, 0.4) is 0 Å². The first-order valence-electron chi connectivity index (χ1n) is 5.39. The van der Waals surface area contributed by atoms with E-state index in [1.807, 2.05) is 6.07 Å². The van der Waals surface area contributed by atoms with E-state index in [4.69, 9.17) is 14.8 Å². The van der Waals surface area contributed by atoms with Crippen molar-refractivity contribution < 1.29 is 22.7 Å². The van der Waals surface area contributed by atoms with E-state index in [1.165, 1.54) is 18.2 Å². The van der Waals surface area contributed by atoms with Gasteiger partial charge < -0.3 is 9.52 Å². The number of hydrogen-bond donors (Lipinski definition) is 2. The zero-order chi connectivity index (χ0) is 15.6. The number of nitrogens with one attached hydrogen (secondary N) is 1. The number of aromatic carboxylic acids is 1. The first-order chi connectivity index (χ1) is 9.83. The third kappa shape index (κ3) is 3.24. The van der Waals surface area contributed by atoms with Crippen molar-refractivity contribution in [2.45, 2.75) is 5.09 Å². The monoisotopic (exact) mass is 370 g/mol. The molecule has 2 rings (SSSR count). The van der Waals surface area contributed by atoms with Gasteiger partial charge in [-0.3, -0.25) is 4.72 Å². The molecule has 0 aliphatic heterocycles. The number of furan rings is 1. The van der Waals surface area contributed by atoms with Gasteiger partial charge in [0.15, 0.2) is 0 Å². The average Bonchev–Trinajstić information content (AvgIpc) is 2.91. The van der Waals surface area contributed by atoms with E-state index in [-0.39, 0.29) is 5.69 Å². The van der Waals surface area contributed by atoms with Crippen LogP contribution in [0.1, 0.15) is 16.1 Å². The quantitative estimate of drug-likeness (QED) is 0.852. The smallest absolute Gasteiger partial charge is 0.371 e. The molecular weight excluding hydrogens is 364 g/mol.